The van der Waals surface area contributed by atoms with Crippen molar-refractivity contribution in [2.75, 3.05) is 17.2 Å². The molecule has 0 radical (unpaired) electrons. The van der Waals surface area contributed by atoms with Gasteiger partial charge >= 0.3 is 0 Å². The highest BCUT2D eigenvalue weighted by molar-refractivity contribution is 6.36. The predicted molar refractivity (Wildman–Crippen MR) is 85.0 cm³/mol. The van der Waals surface area contributed by atoms with E-state index in [1.807, 2.05) is 0 Å². The van der Waals surface area contributed by atoms with Gasteiger partial charge in [-0.25, -0.2) is 0 Å². The number of hydrogen-bond donors (Lipinski definition) is 2. The van der Waals surface area contributed by atoms with Gasteiger partial charge < -0.3 is 15.4 Å². The van der Waals surface area contributed by atoms with E-state index in [4.69, 9.17) is 27.9 Å². The quantitative estimate of drug-likeness (QED) is 0.880. The second-order valence-electron chi connectivity index (χ2n) is 4.59. The van der Waals surface area contributed by atoms with Gasteiger partial charge in [-0.1, -0.05) is 29.3 Å². The number of carbonyl (C=O) groups is 2. The first-order chi connectivity index (χ1) is 10.5. The Hall–Kier alpha value is -2.24. The lowest BCUT2D eigenvalue weighted by Crippen LogP contribution is -2.27. The number of ether oxygens (including phenoxy) is 1. The van der Waals surface area contributed by atoms with Crippen LogP contribution in [0.25, 0.3) is 0 Å². The van der Waals surface area contributed by atoms with Gasteiger partial charge in [0, 0.05) is 5.02 Å². The average Bonchev–Trinajstić information content (AvgIpc) is 2.49. The van der Waals surface area contributed by atoms with Crippen molar-refractivity contribution in [1.29, 1.82) is 0 Å². The number of para-hydroxylation sites is 1. The number of halogens is 2. The third-order valence-electron chi connectivity index (χ3n) is 3.07. The molecule has 0 fully saturated rings. The molecule has 0 saturated heterocycles. The molecule has 0 unspecified atom stereocenters. The van der Waals surface area contributed by atoms with E-state index in [1.54, 1.807) is 30.3 Å². The number of hydrogen-bond acceptors (Lipinski definition) is 3. The lowest BCUT2D eigenvalue weighted by molar-refractivity contribution is -0.118. The van der Waals surface area contributed by atoms with Crippen molar-refractivity contribution in [2.45, 2.75) is 0 Å². The van der Waals surface area contributed by atoms with Crippen molar-refractivity contribution in [2.24, 2.45) is 0 Å². The number of nitrogens with one attached hydrogen (secondary N) is 2. The summed E-state index contributed by atoms with van der Waals surface area (Å²) in [6.07, 6.45) is 0. The van der Waals surface area contributed by atoms with Crippen LogP contribution in [-0.2, 0) is 4.79 Å². The molecule has 7 heteroatoms. The highest BCUT2D eigenvalue weighted by Crippen LogP contribution is 2.32. The maximum Gasteiger partial charge on any atom is 0.262 e. The van der Waals surface area contributed by atoms with Crippen molar-refractivity contribution in [1.82, 2.24) is 0 Å². The molecule has 0 aromatic heterocycles. The van der Waals surface area contributed by atoms with Gasteiger partial charge in [0.25, 0.3) is 11.8 Å². The summed E-state index contributed by atoms with van der Waals surface area (Å²) < 4.78 is 5.28. The average molecular weight is 337 g/mol. The summed E-state index contributed by atoms with van der Waals surface area (Å²) in [4.78, 5) is 23.9. The van der Waals surface area contributed by atoms with Crippen LogP contribution in [-0.4, -0.2) is 18.4 Å². The summed E-state index contributed by atoms with van der Waals surface area (Å²) >= 11 is 11.9. The van der Waals surface area contributed by atoms with Crippen LogP contribution in [0, 0.1) is 0 Å². The Morgan fingerprint density at radius 1 is 1.23 bits per heavy atom. The van der Waals surface area contributed by atoms with E-state index < -0.39 is 5.91 Å². The van der Waals surface area contributed by atoms with Gasteiger partial charge in [-0.2, -0.15) is 0 Å². The lowest BCUT2D eigenvalue weighted by Gasteiger charge is -2.20. The summed E-state index contributed by atoms with van der Waals surface area (Å²) in [5.74, 6) is -0.265. The molecule has 0 spiro atoms. The van der Waals surface area contributed by atoms with Crippen molar-refractivity contribution in [3.8, 4) is 5.75 Å². The van der Waals surface area contributed by atoms with E-state index >= 15 is 0 Å². The van der Waals surface area contributed by atoms with E-state index in [2.05, 4.69) is 10.6 Å². The smallest absolute Gasteiger partial charge is 0.262 e. The van der Waals surface area contributed by atoms with Gasteiger partial charge in [0.2, 0.25) is 0 Å². The minimum atomic E-state index is -0.410. The highest BCUT2D eigenvalue weighted by atomic mass is 35.5. The normalized spacial score (nSPS) is 12.9. The standard InChI is InChI=1S/C15H10Cl2N2O3/c16-8-4-5-11(10(17)6-8)18-15(21)9-2-1-3-12-14(9)19-13(20)7-22-12/h1-6H,7H2,(H,18,21)(H,19,20). The fourth-order valence-electron chi connectivity index (χ4n) is 2.07. The first kappa shape index (κ1) is 14.7. The second kappa shape index (κ2) is 5.87. The molecular formula is C15H10Cl2N2O3. The van der Waals surface area contributed by atoms with Crippen molar-refractivity contribution in [3.63, 3.8) is 0 Å². The Kier molecular flexibility index (Phi) is 3.92. The molecule has 1 heterocycles. The third-order valence-corrected chi connectivity index (χ3v) is 3.62. The third kappa shape index (κ3) is 2.86. The van der Waals surface area contributed by atoms with Gasteiger partial charge in [0.15, 0.2) is 6.61 Å². The van der Waals surface area contributed by atoms with Crippen molar-refractivity contribution >= 4 is 46.4 Å². The Morgan fingerprint density at radius 3 is 2.82 bits per heavy atom. The number of carbonyl (C=O) groups excluding carboxylic acids is 2. The topological polar surface area (TPSA) is 67.4 Å². The molecule has 1 aliphatic heterocycles. The van der Waals surface area contributed by atoms with Crippen molar-refractivity contribution < 1.29 is 14.3 Å². The van der Waals surface area contributed by atoms with Crippen LogP contribution < -0.4 is 15.4 Å². The van der Waals surface area contributed by atoms with Gasteiger partial charge in [-0.05, 0) is 30.3 Å². The monoisotopic (exact) mass is 336 g/mol. The predicted octanol–water partition coefficient (Wildman–Crippen LogP) is 3.58. The molecule has 2 aromatic carbocycles. The van der Waals surface area contributed by atoms with Gasteiger partial charge in [-0.3, -0.25) is 9.59 Å². The second-order valence-corrected chi connectivity index (χ2v) is 5.44. The molecule has 22 heavy (non-hydrogen) atoms. The SMILES string of the molecule is O=C1COc2cccc(C(=O)Nc3ccc(Cl)cc3Cl)c2N1. The van der Waals surface area contributed by atoms with Gasteiger partial charge in [-0.15, -0.1) is 0 Å². The molecule has 0 bridgehead atoms. The minimum absolute atomic E-state index is 0.0684. The maximum absolute atomic E-state index is 12.4. The fraction of sp³-hybridized carbons (Fsp3) is 0.0667. The molecule has 5 nitrogen and oxygen atoms in total. The lowest BCUT2D eigenvalue weighted by atomic mass is 10.1. The van der Waals surface area contributed by atoms with Crippen LogP contribution in [0.3, 0.4) is 0 Å². The van der Waals surface area contributed by atoms with Crippen LogP contribution in [0.4, 0.5) is 11.4 Å². The zero-order valence-corrected chi connectivity index (χ0v) is 12.7. The molecule has 2 aromatic rings. The summed E-state index contributed by atoms with van der Waals surface area (Å²) in [5.41, 5.74) is 1.06. The van der Waals surface area contributed by atoms with Crippen LogP contribution in [0.2, 0.25) is 10.0 Å². The van der Waals surface area contributed by atoms with Crippen molar-refractivity contribution in [3.05, 3.63) is 52.0 Å². The molecular weight excluding hydrogens is 327 g/mol. The zero-order chi connectivity index (χ0) is 15.7. The molecule has 2 N–H and O–H groups in total. The van der Waals surface area contributed by atoms with E-state index in [0.29, 0.717) is 27.2 Å². The molecule has 0 atom stereocenters. The van der Waals surface area contributed by atoms with Crippen LogP contribution >= 0.6 is 23.2 Å². The Bertz CT molecular complexity index is 777. The van der Waals surface area contributed by atoms with E-state index in [-0.39, 0.29) is 18.1 Å². The number of amides is 2. The van der Waals surface area contributed by atoms with Crippen LogP contribution in [0.5, 0.6) is 5.75 Å². The number of anilines is 2. The molecule has 112 valence electrons. The first-order valence-corrected chi connectivity index (χ1v) is 7.12. The molecule has 2 amide bonds. The molecule has 1 aliphatic rings. The minimum Gasteiger partial charge on any atom is -0.482 e. The van der Waals surface area contributed by atoms with Crippen LogP contribution in [0.1, 0.15) is 10.4 Å². The first-order valence-electron chi connectivity index (χ1n) is 6.36. The Labute approximate surface area is 136 Å². The largest absolute Gasteiger partial charge is 0.482 e. The number of fused-ring (bicyclic) bond motifs is 1. The maximum atomic E-state index is 12.4. The molecule has 3 rings (SSSR count). The highest BCUT2D eigenvalue weighted by Gasteiger charge is 2.22. The number of rotatable bonds is 2. The Morgan fingerprint density at radius 2 is 2.05 bits per heavy atom. The zero-order valence-electron chi connectivity index (χ0n) is 11.2. The van der Waals surface area contributed by atoms with Crippen LogP contribution in [0.15, 0.2) is 36.4 Å². The van der Waals surface area contributed by atoms with E-state index in [1.165, 1.54) is 6.07 Å². The van der Waals surface area contributed by atoms with E-state index in [9.17, 15) is 9.59 Å². The van der Waals surface area contributed by atoms with Gasteiger partial charge in [0.05, 0.1) is 22.0 Å². The summed E-state index contributed by atoms with van der Waals surface area (Å²) in [6, 6.07) is 9.70. The summed E-state index contributed by atoms with van der Waals surface area (Å²) in [7, 11) is 0. The van der Waals surface area contributed by atoms with Gasteiger partial charge in [0.1, 0.15) is 5.75 Å². The number of benzene rings is 2. The summed E-state index contributed by atoms with van der Waals surface area (Å²) in [6.45, 7) is -0.0684. The summed E-state index contributed by atoms with van der Waals surface area (Å²) in [5, 5.41) is 6.12. The Balaban J connectivity index is 1.91. The fourth-order valence-corrected chi connectivity index (χ4v) is 2.52. The molecule has 0 aliphatic carbocycles. The van der Waals surface area contributed by atoms with E-state index in [0.717, 1.165) is 0 Å². The molecule has 0 saturated carbocycles.